The molecule has 1 aliphatic heterocycles. The van der Waals surface area contributed by atoms with Crippen LogP contribution in [0.5, 0.6) is 0 Å². The molecule has 0 aromatic heterocycles. The molecule has 0 spiro atoms. The molecule has 0 saturated carbocycles. The van der Waals surface area contributed by atoms with E-state index in [0.29, 0.717) is 19.5 Å². The third-order valence-corrected chi connectivity index (χ3v) is 6.58. The largest absolute Gasteiger partial charge is 0.296 e. The van der Waals surface area contributed by atoms with Crippen LogP contribution < -0.4 is 0 Å². The Morgan fingerprint density at radius 3 is 2.24 bits per heavy atom. The fourth-order valence-electron chi connectivity index (χ4n) is 3.26. The van der Waals surface area contributed by atoms with Gasteiger partial charge in [0.25, 0.3) is 0 Å². The summed E-state index contributed by atoms with van der Waals surface area (Å²) < 4.78 is 26.8. The minimum absolute atomic E-state index is 0.189. The zero-order valence-electron chi connectivity index (χ0n) is 14.8. The van der Waals surface area contributed by atoms with Crippen molar-refractivity contribution < 1.29 is 8.42 Å². The molecule has 4 nitrogen and oxygen atoms in total. The van der Waals surface area contributed by atoms with Crippen LogP contribution >= 0.6 is 0 Å². The molecular weight excluding hydrogens is 332 g/mol. The van der Waals surface area contributed by atoms with E-state index < -0.39 is 10.0 Å². The zero-order valence-corrected chi connectivity index (χ0v) is 15.6. The summed E-state index contributed by atoms with van der Waals surface area (Å²) in [4.78, 5) is 2.33. The van der Waals surface area contributed by atoms with Gasteiger partial charge in [-0.25, -0.2) is 8.42 Å². The molecule has 0 amide bonds. The molecule has 0 radical (unpaired) electrons. The van der Waals surface area contributed by atoms with Crippen molar-refractivity contribution in [2.75, 3.05) is 31.9 Å². The highest BCUT2D eigenvalue weighted by molar-refractivity contribution is 7.89. The van der Waals surface area contributed by atoms with E-state index in [4.69, 9.17) is 0 Å². The molecule has 0 bridgehead atoms. The molecular formula is C20H26N2O2S. The van der Waals surface area contributed by atoms with Crippen molar-refractivity contribution in [3.63, 3.8) is 0 Å². The summed E-state index contributed by atoms with van der Waals surface area (Å²) in [6.45, 7) is 5.74. The second-order valence-electron chi connectivity index (χ2n) is 6.72. The maximum Gasteiger partial charge on any atom is 0.214 e. The summed E-state index contributed by atoms with van der Waals surface area (Å²) in [7, 11) is -3.18. The summed E-state index contributed by atoms with van der Waals surface area (Å²) in [6, 6.07) is 18.3. The van der Waals surface area contributed by atoms with Gasteiger partial charge in [0, 0.05) is 32.7 Å². The number of benzene rings is 2. The average molecular weight is 359 g/mol. The summed E-state index contributed by atoms with van der Waals surface area (Å²) in [5.41, 5.74) is 3.63. The van der Waals surface area contributed by atoms with E-state index in [1.807, 2.05) is 30.3 Å². The molecule has 134 valence electrons. The monoisotopic (exact) mass is 358 g/mol. The molecule has 3 rings (SSSR count). The number of hydrogen-bond acceptors (Lipinski definition) is 3. The van der Waals surface area contributed by atoms with Gasteiger partial charge in [0.1, 0.15) is 0 Å². The van der Waals surface area contributed by atoms with E-state index >= 15 is 0 Å². The Labute approximate surface area is 151 Å². The van der Waals surface area contributed by atoms with Gasteiger partial charge < -0.3 is 0 Å². The highest BCUT2D eigenvalue weighted by atomic mass is 32.2. The van der Waals surface area contributed by atoms with Crippen LogP contribution in [0, 0.1) is 6.92 Å². The zero-order chi connectivity index (χ0) is 17.7. The number of rotatable bonds is 6. The molecule has 2 aromatic carbocycles. The predicted octanol–water partition coefficient (Wildman–Crippen LogP) is 2.69. The van der Waals surface area contributed by atoms with Crippen LogP contribution in [0.4, 0.5) is 0 Å². The average Bonchev–Trinajstić information content (AvgIpc) is 2.62. The third kappa shape index (κ3) is 5.14. The molecule has 25 heavy (non-hydrogen) atoms. The minimum Gasteiger partial charge on any atom is -0.296 e. The number of aryl methyl sites for hydroxylation is 2. The van der Waals surface area contributed by atoms with Crippen molar-refractivity contribution >= 4 is 10.0 Å². The van der Waals surface area contributed by atoms with Crippen molar-refractivity contribution in [1.82, 2.24) is 9.21 Å². The van der Waals surface area contributed by atoms with Gasteiger partial charge in [-0.05, 0) is 24.5 Å². The van der Waals surface area contributed by atoms with Gasteiger partial charge in [0.05, 0.1) is 5.75 Å². The van der Waals surface area contributed by atoms with Gasteiger partial charge in [0.15, 0.2) is 0 Å². The van der Waals surface area contributed by atoms with E-state index in [0.717, 1.165) is 25.2 Å². The molecule has 0 atom stereocenters. The number of piperazine rings is 1. The van der Waals surface area contributed by atoms with Gasteiger partial charge in [-0.2, -0.15) is 4.31 Å². The van der Waals surface area contributed by atoms with Crippen LogP contribution in [0.2, 0.25) is 0 Å². The number of hydrogen-bond donors (Lipinski definition) is 0. The third-order valence-electron chi connectivity index (χ3n) is 4.70. The Kier molecular flexibility index (Phi) is 5.89. The van der Waals surface area contributed by atoms with E-state index in [-0.39, 0.29) is 5.75 Å². The first kappa shape index (κ1) is 18.1. The van der Waals surface area contributed by atoms with Crippen LogP contribution in [-0.2, 0) is 23.0 Å². The molecule has 0 N–H and O–H groups in total. The minimum atomic E-state index is -3.18. The Balaban J connectivity index is 1.50. The molecule has 5 heteroatoms. The van der Waals surface area contributed by atoms with Crippen LogP contribution in [0.1, 0.15) is 16.7 Å². The van der Waals surface area contributed by atoms with Gasteiger partial charge in [-0.1, -0.05) is 60.2 Å². The summed E-state index contributed by atoms with van der Waals surface area (Å²) in [6.07, 6.45) is 0.576. The van der Waals surface area contributed by atoms with Gasteiger partial charge >= 0.3 is 0 Å². The second-order valence-corrected chi connectivity index (χ2v) is 8.80. The topological polar surface area (TPSA) is 40.6 Å². The normalized spacial score (nSPS) is 16.8. The van der Waals surface area contributed by atoms with E-state index in [1.54, 1.807) is 4.31 Å². The summed E-state index contributed by atoms with van der Waals surface area (Å²) in [5.74, 6) is 0.189. The van der Waals surface area contributed by atoms with Gasteiger partial charge in [-0.3, -0.25) is 4.90 Å². The molecule has 1 saturated heterocycles. The van der Waals surface area contributed by atoms with E-state index in [9.17, 15) is 8.42 Å². The summed E-state index contributed by atoms with van der Waals surface area (Å²) >= 11 is 0. The van der Waals surface area contributed by atoms with Crippen LogP contribution in [0.25, 0.3) is 0 Å². The van der Waals surface area contributed by atoms with E-state index in [1.165, 1.54) is 11.1 Å². The SMILES string of the molecule is Cc1cccc(CN2CCN(S(=O)(=O)CCc3ccccc3)CC2)c1. The fourth-order valence-corrected chi connectivity index (χ4v) is 4.73. The lowest BCUT2D eigenvalue weighted by molar-refractivity contribution is 0.181. The maximum absolute atomic E-state index is 12.6. The van der Waals surface area contributed by atoms with Crippen molar-refractivity contribution in [1.29, 1.82) is 0 Å². The van der Waals surface area contributed by atoms with Crippen molar-refractivity contribution in [2.24, 2.45) is 0 Å². The molecule has 1 fully saturated rings. The Hall–Kier alpha value is -1.69. The highest BCUT2D eigenvalue weighted by Gasteiger charge is 2.26. The van der Waals surface area contributed by atoms with Crippen LogP contribution in [-0.4, -0.2) is 49.6 Å². The molecule has 1 aliphatic rings. The fraction of sp³-hybridized carbons (Fsp3) is 0.400. The van der Waals surface area contributed by atoms with Crippen molar-refractivity contribution in [3.05, 3.63) is 71.3 Å². The Morgan fingerprint density at radius 2 is 1.56 bits per heavy atom. The lowest BCUT2D eigenvalue weighted by atomic mass is 10.1. The molecule has 1 heterocycles. The molecule has 0 unspecified atom stereocenters. The lowest BCUT2D eigenvalue weighted by Gasteiger charge is -2.34. The lowest BCUT2D eigenvalue weighted by Crippen LogP contribution is -2.49. The van der Waals surface area contributed by atoms with Gasteiger partial charge in [-0.15, -0.1) is 0 Å². The Bertz CT molecular complexity index is 782. The van der Waals surface area contributed by atoms with Crippen molar-refractivity contribution in [2.45, 2.75) is 19.9 Å². The first-order chi connectivity index (χ1) is 12.0. The quantitative estimate of drug-likeness (QED) is 0.797. The van der Waals surface area contributed by atoms with Crippen LogP contribution in [0.3, 0.4) is 0 Å². The Morgan fingerprint density at radius 1 is 0.880 bits per heavy atom. The van der Waals surface area contributed by atoms with E-state index in [2.05, 4.69) is 36.1 Å². The van der Waals surface area contributed by atoms with Crippen LogP contribution in [0.15, 0.2) is 54.6 Å². The maximum atomic E-state index is 12.6. The molecule has 0 aliphatic carbocycles. The first-order valence-corrected chi connectivity index (χ1v) is 10.4. The standard InChI is InChI=1S/C20H26N2O2S/c1-18-6-5-9-20(16-18)17-21-11-13-22(14-12-21)25(23,24)15-10-19-7-3-2-4-8-19/h2-9,16H,10-15,17H2,1H3. The smallest absolute Gasteiger partial charge is 0.214 e. The number of nitrogens with zero attached hydrogens (tertiary/aromatic N) is 2. The molecule has 2 aromatic rings. The second kappa shape index (κ2) is 8.13. The summed E-state index contributed by atoms with van der Waals surface area (Å²) in [5, 5.41) is 0. The number of sulfonamides is 1. The van der Waals surface area contributed by atoms with Gasteiger partial charge in [0.2, 0.25) is 10.0 Å². The first-order valence-electron chi connectivity index (χ1n) is 8.82. The predicted molar refractivity (Wildman–Crippen MR) is 102 cm³/mol. The van der Waals surface area contributed by atoms with Crippen molar-refractivity contribution in [3.8, 4) is 0 Å². The highest BCUT2D eigenvalue weighted by Crippen LogP contribution is 2.14.